The van der Waals surface area contributed by atoms with Crippen LogP contribution < -0.4 is 10.6 Å². The van der Waals surface area contributed by atoms with Gasteiger partial charge in [-0.15, -0.1) is 11.8 Å². The summed E-state index contributed by atoms with van der Waals surface area (Å²) in [5, 5.41) is -0.546. The highest BCUT2D eigenvalue weighted by molar-refractivity contribution is 8.00. The van der Waals surface area contributed by atoms with Crippen LogP contribution in [-0.2, 0) is 9.59 Å². The number of rotatable bonds is 3. The van der Waals surface area contributed by atoms with Gasteiger partial charge in [-0.2, -0.15) is 0 Å². The first-order valence-electron chi connectivity index (χ1n) is 7.11. The lowest BCUT2D eigenvalue weighted by molar-refractivity contribution is -0.121. The summed E-state index contributed by atoms with van der Waals surface area (Å²) >= 11 is 1.27. The molecule has 6 heteroatoms. The molecule has 1 aliphatic rings. The molecule has 0 radical (unpaired) electrons. The van der Waals surface area contributed by atoms with E-state index in [4.69, 9.17) is 5.73 Å². The quantitative estimate of drug-likeness (QED) is 0.694. The fourth-order valence-corrected chi connectivity index (χ4v) is 3.61. The lowest BCUT2D eigenvalue weighted by atomic mass is 10.2. The van der Waals surface area contributed by atoms with Crippen LogP contribution in [0.5, 0.6) is 0 Å². The Morgan fingerprint density at radius 2 is 1.96 bits per heavy atom. The number of hydrogen-bond acceptors (Lipinski definition) is 4. The number of nitrogens with two attached hydrogens (primary N) is 1. The molecule has 1 saturated heterocycles. The van der Waals surface area contributed by atoms with Crippen molar-refractivity contribution in [2.24, 2.45) is 0 Å². The van der Waals surface area contributed by atoms with Gasteiger partial charge in [0, 0.05) is 17.0 Å². The summed E-state index contributed by atoms with van der Waals surface area (Å²) in [6.45, 7) is 1.74. The van der Waals surface area contributed by atoms with Crippen LogP contribution in [0.15, 0.2) is 47.4 Å². The minimum Gasteiger partial charge on any atom is -0.398 e. The zero-order chi connectivity index (χ0) is 16.6. The van der Waals surface area contributed by atoms with Crippen molar-refractivity contribution >= 4 is 35.0 Å². The number of thioether (sulfide) groups is 1. The van der Waals surface area contributed by atoms with E-state index >= 15 is 0 Å². The van der Waals surface area contributed by atoms with Crippen molar-refractivity contribution in [1.82, 2.24) is 0 Å². The highest BCUT2D eigenvalue weighted by Gasteiger charge is 2.41. The number of amides is 2. The highest BCUT2D eigenvalue weighted by Crippen LogP contribution is 2.37. The Morgan fingerprint density at radius 1 is 1.22 bits per heavy atom. The van der Waals surface area contributed by atoms with Gasteiger partial charge in [0.15, 0.2) is 0 Å². The Balaban J connectivity index is 1.88. The van der Waals surface area contributed by atoms with E-state index in [-0.39, 0.29) is 18.2 Å². The first-order chi connectivity index (χ1) is 11.0. The van der Waals surface area contributed by atoms with E-state index in [1.54, 1.807) is 19.1 Å². The first kappa shape index (κ1) is 15.6. The second-order valence-electron chi connectivity index (χ2n) is 5.35. The minimum absolute atomic E-state index is 0.0772. The number of imide groups is 1. The Labute approximate surface area is 137 Å². The molecule has 1 fully saturated rings. The molecule has 0 spiro atoms. The Bertz CT molecular complexity index is 794. The third-order valence-electron chi connectivity index (χ3n) is 3.71. The number of halogens is 1. The molecule has 2 N–H and O–H groups in total. The molecule has 0 bridgehead atoms. The summed E-state index contributed by atoms with van der Waals surface area (Å²) in [5.74, 6) is -1.14. The normalized spacial score (nSPS) is 17.8. The van der Waals surface area contributed by atoms with Gasteiger partial charge in [-0.3, -0.25) is 9.59 Å². The van der Waals surface area contributed by atoms with Crippen LogP contribution >= 0.6 is 11.8 Å². The monoisotopic (exact) mass is 330 g/mol. The van der Waals surface area contributed by atoms with Gasteiger partial charge < -0.3 is 5.73 Å². The molecular weight excluding hydrogens is 315 g/mol. The van der Waals surface area contributed by atoms with Gasteiger partial charge in [-0.1, -0.05) is 18.2 Å². The number of nitrogens with zero attached hydrogens (tertiary/aromatic N) is 1. The predicted molar refractivity (Wildman–Crippen MR) is 88.7 cm³/mol. The van der Waals surface area contributed by atoms with E-state index in [1.165, 1.54) is 23.9 Å². The van der Waals surface area contributed by atoms with Crippen LogP contribution in [0, 0.1) is 12.7 Å². The number of anilines is 2. The van der Waals surface area contributed by atoms with Gasteiger partial charge >= 0.3 is 0 Å². The number of nitrogen functional groups attached to an aromatic ring is 1. The Morgan fingerprint density at radius 3 is 2.70 bits per heavy atom. The van der Waals surface area contributed by atoms with Gasteiger partial charge in [0.1, 0.15) is 5.82 Å². The van der Waals surface area contributed by atoms with Crippen molar-refractivity contribution < 1.29 is 14.0 Å². The summed E-state index contributed by atoms with van der Waals surface area (Å²) in [4.78, 5) is 26.7. The highest BCUT2D eigenvalue weighted by atomic mass is 32.2. The molecule has 0 unspecified atom stereocenters. The van der Waals surface area contributed by atoms with Crippen LogP contribution in [0.25, 0.3) is 0 Å². The van der Waals surface area contributed by atoms with Crippen LogP contribution in [0.4, 0.5) is 15.8 Å². The summed E-state index contributed by atoms with van der Waals surface area (Å²) in [6, 6.07) is 11.3. The topological polar surface area (TPSA) is 63.4 Å². The van der Waals surface area contributed by atoms with Crippen molar-refractivity contribution in [3.8, 4) is 0 Å². The summed E-state index contributed by atoms with van der Waals surface area (Å²) in [6.07, 6.45) is 0.0772. The Kier molecular flexibility index (Phi) is 4.09. The van der Waals surface area contributed by atoms with Gasteiger partial charge in [0.05, 0.1) is 10.9 Å². The Hall–Kier alpha value is -2.34. The molecule has 23 heavy (non-hydrogen) atoms. The van der Waals surface area contributed by atoms with E-state index in [9.17, 15) is 14.0 Å². The molecule has 118 valence electrons. The zero-order valence-corrected chi connectivity index (χ0v) is 13.3. The first-order valence-corrected chi connectivity index (χ1v) is 7.99. The van der Waals surface area contributed by atoms with E-state index in [0.717, 1.165) is 9.80 Å². The van der Waals surface area contributed by atoms with Crippen LogP contribution in [-0.4, -0.2) is 17.1 Å². The molecule has 3 rings (SSSR count). The molecular formula is C17H15FN2O2S. The van der Waals surface area contributed by atoms with Crippen molar-refractivity contribution in [3.63, 3.8) is 0 Å². The maximum atomic E-state index is 13.5. The van der Waals surface area contributed by atoms with Crippen molar-refractivity contribution in [1.29, 1.82) is 0 Å². The molecule has 0 aliphatic carbocycles. The smallest absolute Gasteiger partial charge is 0.247 e. The van der Waals surface area contributed by atoms with Gasteiger partial charge in [0.25, 0.3) is 0 Å². The number of carbonyl (C=O) groups is 2. The van der Waals surface area contributed by atoms with E-state index in [2.05, 4.69) is 0 Å². The van der Waals surface area contributed by atoms with Crippen LogP contribution in [0.1, 0.15) is 12.0 Å². The second-order valence-corrected chi connectivity index (χ2v) is 6.59. The third-order valence-corrected chi connectivity index (χ3v) is 4.98. The number of carbonyl (C=O) groups excluding carboxylic acids is 2. The van der Waals surface area contributed by atoms with Crippen molar-refractivity contribution in [2.45, 2.75) is 23.5 Å². The van der Waals surface area contributed by atoms with Gasteiger partial charge in [-0.05, 0) is 36.8 Å². The second kappa shape index (κ2) is 6.04. The molecule has 1 atom stereocenters. The lowest BCUT2D eigenvalue weighted by Gasteiger charge is -2.17. The van der Waals surface area contributed by atoms with Crippen LogP contribution in [0.2, 0.25) is 0 Å². The lowest BCUT2D eigenvalue weighted by Crippen LogP contribution is -2.31. The third kappa shape index (κ3) is 2.94. The SMILES string of the molecule is Cc1ccc(F)cc1N1C(=O)C[C@@H](Sc2ccccc2N)C1=O. The maximum absolute atomic E-state index is 13.5. The number of benzene rings is 2. The molecule has 1 heterocycles. The number of hydrogen-bond donors (Lipinski definition) is 1. The number of aryl methyl sites for hydroxylation is 1. The molecule has 2 aromatic carbocycles. The standard InChI is InChI=1S/C17H15FN2O2S/c1-10-6-7-11(18)8-13(10)20-16(21)9-15(17(20)22)23-14-5-3-2-4-12(14)19/h2-8,15H,9,19H2,1H3/t15-/m1/s1. The van der Waals surface area contributed by atoms with Crippen molar-refractivity contribution in [2.75, 3.05) is 10.6 Å². The van der Waals surface area contributed by atoms with Crippen LogP contribution in [0.3, 0.4) is 0 Å². The van der Waals surface area contributed by atoms with Crippen molar-refractivity contribution in [3.05, 3.63) is 53.8 Å². The molecule has 0 aromatic heterocycles. The largest absolute Gasteiger partial charge is 0.398 e. The average molecular weight is 330 g/mol. The van der Waals surface area contributed by atoms with Gasteiger partial charge in [-0.25, -0.2) is 9.29 Å². The molecule has 2 aromatic rings. The fraction of sp³-hybridized carbons (Fsp3) is 0.176. The maximum Gasteiger partial charge on any atom is 0.247 e. The minimum atomic E-state index is -0.546. The summed E-state index contributed by atoms with van der Waals surface area (Å²) in [5.41, 5.74) is 7.44. The summed E-state index contributed by atoms with van der Waals surface area (Å²) < 4.78 is 13.5. The fourth-order valence-electron chi connectivity index (χ4n) is 2.51. The predicted octanol–water partition coefficient (Wildman–Crippen LogP) is 3.14. The van der Waals surface area contributed by atoms with E-state index in [1.807, 2.05) is 18.2 Å². The molecule has 2 amide bonds. The average Bonchev–Trinajstić information content (AvgIpc) is 2.79. The molecule has 0 saturated carbocycles. The zero-order valence-electron chi connectivity index (χ0n) is 12.5. The van der Waals surface area contributed by atoms with Gasteiger partial charge in [0.2, 0.25) is 11.8 Å². The molecule has 1 aliphatic heterocycles. The van der Waals surface area contributed by atoms with E-state index < -0.39 is 11.1 Å². The summed E-state index contributed by atoms with van der Waals surface area (Å²) in [7, 11) is 0. The number of para-hydroxylation sites is 1. The van der Waals surface area contributed by atoms with E-state index in [0.29, 0.717) is 16.9 Å². The molecule has 4 nitrogen and oxygen atoms in total.